The van der Waals surface area contributed by atoms with Crippen LogP contribution in [0.4, 0.5) is 0 Å². The first kappa shape index (κ1) is 27.3. The number of aliphatic carboxylic acids is 1. The minimum absolute atomic E-state index is 0.0425. The fraction of sp³-hybridized carbons (Fsp3) is 0.583. The van der Waals surface area contributed by atoms with Crippen LogP contribution < -0.4 is 16.4 Å². The summed E-state index contributed by atoms with van der Waals surface area (Å²) in [6, 6.07) is 4.63. The van der Waals surface area contributed by atoms with Crippen molar-refractivity contribution in [1.82, 2.24) is 15.5 Å². The molecule has 1 fully saturated rings. The highest BCUT2D eigenvalue weighted by Crippen LogP contribution is 2.21. The number of aliphatic hydroxyl groups is 1. The zero-order valence-corrected chi connectivity index (χ0v) is 19.9. The van der Waals surface area contributed by atoms with Gasteiger partial charge in [0.1, 0.15) is 18.1 Å². The number of rotatable bonds is 11. The maximum Gasteiger partial charge on any atom is 0.326 e. The molecule has 6 unspecified atom stereocenters. The smallest absolute Gasteiger partial charge is 0.326 e. The molecule has 0 bridgehead atoms. The molecule has 6 N–H and O–H groups in total. The molecule has 3 amide bonds. The number of benzene rings is 1. The Kier molecular flexibility index (Phi) is 10.0. The van der Waals surface area contributed by atoms with Gasteiger partial charge in [-0.3, -0.25) is 14.4 Å². The van der Waals surface area contributed by atoms with Crippen molar-refractivity contribution < 1.29 is 29.4 Å². The minimum atomic E-state index is -1.38. The van der Waals surface area contributed by atoms with Gasteiger partial charge in [0.05, 0.1) is 12.1 Å². The first-order valence-corrected chi connectivity index (χ1v) is 11.7. The fourth-order valence-electron chi connectivity index (χ4n) is 3.96. The van der Waals surface area contributed by atoms with Gasteiger partial charge in [0.15, 0.2) is 0 Å². The van der Waals surface area contributed by atoms with Crippen molar-refractivity contribution in [3.05, 3.63) is 35.9 Å². The van der Waals surface area contributed by atoms with Crippen LogP contribution in [0.3, 0.4) is 0 Å². The summed E-state index contributed by atoms with van der Waals surface area (Å²) in [7, 11) is 0. The normalized spacial score (nSPS) is 20.0. The Morgan fingerprint density at radius 2 is 1.79 bits per heavy atom. The number of likely N-dealkylation sites (tertiary alicyclic amines) is 1. The number of nitrogens with one attached hydrogen (secondary N) is 2. The number of carbonyl (C=O) groups excluding carboxylic acids is 3. The third-order valence-electron chi connectivity index (χ3n) is 6.34. The lowest BCUT2D eigenvalue weighted by molar-refractivity contribution is -0.144. The van der Waals surface area contributed by atoms with Crippen LogP contribution in [0.5, 0.6) is 0 Å². The number of nitrogens with zero attached hydrogens (tertiary/aromatic N) is 1. The van der Waals surface area contributed by atoms with E-state index in [0.29, 0.717) is 24.9 Å². The van der Waals surface area contributed by atoms with Crippen LogP contribution in [0, 0.1) is 5.92 Å². The summed E-state index contributed by atoms with van der Waals surface area (Å²) in [5, 5.41) is 24.6. The Hall–Kier alpha value is -2.98. The Morgan fingerprint density at radius 1 is 1.15 bits per heavy atom. The highest BCUT2D eigenvalue weighted by Gasteiger charge is 2.39. The zero-order valence-electron chi connectivity index (χ0n) is 19.9. The monoisotopic (exact) mass is 476 g/mol. The summed E-state index contributed by atoms with van der Waals surface area (Å²) < 4.78 is 0. The largest absolute Gasteiger partial charge is 0.480 e. The van der Waals surface area contributed by atoms with Crippen molar-refractivity contribution in [3.8, 4) is 0 Å². The Bertz CT molecular complexity index is 862. The molecule has 0 radical (unpaired) electrons. The lowest BCUT2D eigenvalue weighted by Crippen LogP contribution is -2.59. The van der Waals surface area contributed by atoms with Crippen molar-refractivity contribution in [2.75, 3.05) is 6.54 Å². The van der Waals surface area contributed by atoms with Crippen LogP contribution in [-0.4, -0.2) is 75.6 Å². The van der Waals surface area contributed by atoms with Crippen LogP contribution >= 0.6 is 0 Å². The molecule has 1 saturated heterocycles. The molecule has 0 aliphatic carbocycles. The van der Waals surface area contributed by atoms with Gasteiger partial charge in [-0.2, -0.15) is 0 Å². The number of hydrogen-bond donors (Lipinski definition) is 5. The first-order chi connectivity index (χ1) is 16.1. The molecule has 1 aliphatic rings. The molecule has 188 valence electrons. The average Bonchev–Trinajstić information content (AvgIpc) is 3.30. The highest BCUT2D eigenvalue weighted by atomic mass is 16.4. The summed E-state index contributed by atoms with van der Waals surface area (Å²) in [6.07, 6.45) is 0.491. The van der Waals surface area contributed by atoms with Gasteiger partial charge in [0, 0.05) is 13.0 Å². The van der Waals surface area contributed by atoms with Crippen LogP contribution in [-0.2, 0) is 25.6 Å². The van der Waals surface area contributed by atoms with E-state index in [1.807, 2.05) is 13.8 Å². The highest BCUT2D eigenvalue weighted by molar-refractivity contribution is 5.94. The Morgan fingerprint density at radius 3 is 2.35 bits per heavy atom. The lowest BCUT2D eigenvalue weighted by atomic mass is 9.98. The molecular weight excluding hydrogens is 440 g/mol. The second kappa shape index (κ2) is 12.5. The molecule has 1 aromatic carbocycles. The van der Waals surface area contributed by atoms with E-state index in [2.05, 4.69) is 10.6 Å². The average molecular weight is 477 g/mol. The number of carbonyl (C=O) groups is 4. The van der Waals surface area contributed by atoms with Gasteiger partial charge in [-0.1, -0.05) is 50.6 Å². The third-order valence-corrected chi connectivity index (χ3v) is 6.34. The maximum absolute atomic E-state index is 13.0. The maximum atomic E-state index is 13.0. The summed E-state index contributed by atoms with van der Waals surface area (Å²) in [5.74, 6) is -3.01. The number of amides is 3. The molecule has 10 heteroatoms. The van der Waals surface area contributed by atoms with E-state index in [-0.39, 0.29) is 18.2 Å². The first-order valence-electron chi connectivity index (χ1n) is 11.7. The van der Waals surface area contributed by atoms with Crippen molar-refractivity contribution in [1.29, 1.82) is 0 Å². The second-order valence-electron chi connectivity index (χ2n) is 8.92. The van der Waals surface area contributed by atoms with Crippen LogP contribution in [0.1, 0.15) is 45.6 Å². The number of carboxylic acids is 1. The quantitative estimate of drug-likeness (QED) is 0.301. The zero-order chi connectivity index (χ0) is 25.4. The van der Waals surface area contributed by atoms with Gasteiger partial charge < -0.3 is 31.5 Å². The van der Waals surface area contributed by atoms with Gasteiger partial charge in [-0.05, 0) is 31.2 Å². The minimum Gasteiger partial charge on any atom is -0.480 e. The molecule has 1 heterocycles. The summed E-state index contributed by atoms with van der Waals surface area (Å²) in [4.78, 5) is 51.8. The third kappa shape index (κ3) is 7.01. The molecule has 0 aromatic heterocycles. The van der Waals surface area contributed by atoms with Crippen LogP contribution in [0.15, 0.2) is 30.3 Å². The molecule has 10 nitrogen and oxygen atoms in total. The lowest BCUT2D eigenvalue weighted by Gasteiger charge is -2.30. The van der Waals surface area contributed by atoms with Crippen molar-refractivity contribution in [2.24, 2.45) is 11.7 Å². The second-order valence-corrected chi connectivity index (χ2v) is 8.92. The van der Waals surface area contributed by atoms with E-state index in [4.69, 9.17) is 5.73 Å². The molecule has 1 aromatic rings. The molecule has 2 rings (SSSR count). The Labute approximate surface area is 199 Å². The topological polar surface area (TPSA) is 162 Å². The van der Waals surface area contributed by atoms with Gasteiger partial charge in [0.2, 0.25) is 17.7 Å². The molecule has 1 aliphatic heterocycles. The molecule has 34 heavy (non-hydrogen) atoms. The van der Waals surface area contributed by atoms with Crippen molar-refractivity contribution in [3.63, 3.8) is 0 Å². The molecular formula is C24H36N4O6. The van der Waals surface area contributed by atoms with E-state index in [0.717, 1.165) is 6.42 Å². The predicted octanol–water partition coefficient (Wildman–Crippen LogP) is 0.0285. The number of carboxylic acid groups (broad SMARTS) is 1. The number of nitrogens with two attached hydrogens (primary N) is 1. The predicted molar refractivity (Wildman–Crippen MR) is 125 cm³/mol. The van der Waals surface area contributed by atoms with Crippen LogP contribution in [0.2, 0.25) is 0 Å². The van der Waals surface area contributed by atoms with E-state index >= 15 is 0 Å². The standard InChI is InChI=1S/C24H36N4O6/c1-4-14(2)19(25)23(32)28-12-8-11-18(28)21(30)27-20(15(3)29)22(31)26-17(24(33)34)13-16-9-6-5-7-10-16/h5-7,9-10,14-15,17-20,29H,4,8,11-13,25H2,1-3H3,(H,26,31)(H,27,30)(H,33,34). The number of aliphatic hydroxyl groups excluding tert-OH is 1. The van der Waals surface area contributed by atoms with E-state index < -0.39 is 48.1 Å². The fourth-order valence-corrected chi connectivity index (χ4v) is 3.96. The van der Waals surface area contributed by atoms with Crippen LogP contribution in [0.25, 0.3) is 0 Å². The molecule has 0 spiro atoms. The summed E-state index contributed by atoms with van der Waals surface area (Å²) >= 11 is 0. The van der Waals surface area contributed by atoms with Gasteiger partial charge in [-0.25, -0.2) is 4.79 Å². The van der Waals surface area contributed by atoms with Gasteiger partial charge in [0.25, 0.3) is 0 Å². The van der Waals surface area contributed by atoms with Crippen molar-refractivity contribution in [2.45, 2.75) is 76.7 Å². The van der Waals surface area contributed by atoms with E-state index in [9.17, 15) is 29.4 Å². The van der Waals surface area contributed by atoms with E-state index in [1.165, 1.54) is 11.8 Å². The Balaban J connectivity index is 2.09. The summed E-state index contributed by atoms with van der Waals surface area (Å²) in [6.45, 7) is 5.51. The van der Waals surface area contributed by atoms with E-state index in [1.54, 1.807) is 30.3 Å². The number of hydrogen-bond acceptors (Lipinski definition) is 6. The SMILES string of the molecule is CCC(C)C(N)C(=O)N1CCCC1C(=O)NC(C(=O)NC(Cc1ccccc1)C(=O)O)C(C)O. The van der Waals surface area contributed by atoms with Gasteiger partial charge >= 0.3 is 5.97 Å². The molecule has 0 saturated carbocycles. The molecule has 6 atom stereocenters. The summed E-state index contributed by atoms with van der Waals surface area (Å²) in [5.41, 5.74) is 6.79. The van der Waals surface area contributed by atoms with Gasteiger partial charge in [-0.15, -0.1) is 0 Å². The van der Waals surface area contributed by atoms with Crippen molar-refractivity contribution >= 4 is 23.7 Å².